The van der Waals surface area contributed by atoms with Gasteiger partial charge in [0, 0.05) is 18.3 Å². The molecule has 1 heteroatoms. The van der Waals surface area contributed by atoms with Gasteiger partial charge in [0.1, 0.15) is 0 Å². The van der Waals surface area contributed by atoms with Crippen LogP contribution in [-0.2, 0) is 0 Å². The first kappa shape index (κ1) is 9.72. The van der Waals surface area contributed by atoms with Gasteiger partial charge >= 0.3 is 0 Å². The zero-order valence-electron chi connectivity index (χ0n) is 8.14. The Bertz CT molecular complexity index is 273. The number of aromatic nitrogens is 1. The molecule has 0 radical (unpaired) electrons. The molecular weight excluding hydrogens is 158 g/mol. The third-order valence-corrected chi connectivity index (χ3v) is 1.89. The minimum absolute atomic E-state index is 0.387. The molecule has 0 saturated heterocycles. The van der Waals surface area contributed by atoms with Crippen LogP contribution in [0.3, 0.4) is 0 Å². The summed E-state index contributed by atoms with van der Waals surface area (Å²) >= 11 is 0. The number of hydrogen-bond donors (Lipinski definition) is 0. The van der Waals surface area contributed by atoms with Crippen molar-refractivity contribution in [3.8, 4) is 0 Å². The third-order valence-electron chi connectivity index (χ3n) is 1.89. The number of pyridine rings is 1. The molecule has 0 amide bonds. The first-order chi connectivity index (χ1) is 6.38. The minimum Gasteiger partial charge on any atom is -0.265 e. The van der Waals surface area contributed by atoms with Crippen molar-refractivity contribution in [3.63, 3.8) is 0 Å². The molecule has 0 unspecified atom stereocenters. The van der Waals surface area contributed by atoms with E-state index < -0.39 is 0 Å². The summed E-state index contributed by atoms with van der Waals surface area (Å²) in [5.74, 6) is 0.387. The van der Waals surface area contributed by atoms with Crippen LogP contribution in [0.4, 0.5) is 0 Å². The average molecular weight is 173 g/mol. The normalized spacial score (nSPS) is 14.0. The number of rotatable bonds is 3. The SMILES string of the molecule is CC=CC(C=CC)c1ccncc1. The average Bonchev–Trinajstić information content (AvgIpc) is 2.19. The zero-order valence-corrected chi connectivity index (χ0v) is 8.14. The Morgan fingerprint density at radius 2 is 1.62 bits per heavy atom. The van der Waals surface area contributed by atoms with Gasteiger partial charge < -0.3 is 0 Å². The van der Waals surface area contributed by atoms with Crippen molar-refractivity contribution in [3.05, 3.63) is 54.4 Å². The van der Waals surface area contributed by atoms with E-state index in [9.17, 15) is 0 Å². The minimum atomic E-state index is 0.387. The lowest BCUT2D eigenvalue weighted by Crippen LogP contribution is -1.90. The summed E-state index contributed by atoms with van der Waals surface area (Å²) in [6.45, 7) is 4.08. The highest BCUT2D eigenvalue weighted by atomic mass is 14.6. The van der Waals surface area contributed by atoms with Crippen LogP contribution in [0.5, 0.6) is 0 Å². The molecule has 1 heterocycles. The molecule has 13 heavy (non-hydrogen) atoms. The van der Waals surface area contributed by atoms with Gasteiger partial charge in [-0.1, -0.05) is 24.3 Å². The molecule has 1 nitrogen and oxygen atoms in total. The molecule has 0 aromatic carbocycles. The van der Waals surface area contributed by atoms with E-state index in [0.29, 0.717) is 5.92 Å². The van der Waals surface area contributed by atoms with E-state index in [0.717, 1.165) is 0 Å². The van der Waals surface area contributed by atoms with E-state index in [4.69, 9.17) is 0 Å². The second kappa shape index (κ2) is 5.31. The lowest BCUT2D eigenvalue weighted by Gasteiger charge is -2.06. The molecule has 0 atom stereocenters. The lowest BCUT2D eigenvalue weighted by molar-refractivity contribution is 1.06. The Hall–Kier alpha value is -1.37. The maximum atomic E-state index is 4.00. The number of allylic oxidation sites excluding steroid dienone is 4. The maximum absolute atomic E-state index is 4.00. The Balaban J connectivity index is 2.88. The second-order valence-corrected chi connectivity index (χ2v) is 2.86. The molecule has 1 aromatic heterocycles. The Morgan fingerprint density at radius 1 is 1.08 bits per heavy atom. The van der Waals surface area contributed by atoms with Gasteiger partial charge in [-0.15, -0.1) is 0 Å². The fourth-order valence-electron chi connectivity index (χ4n) is 1.29. The van der Waals surface area contributed by atoms with Gasteiger partial charge in [0.2, 0.25) is 0 Å². The molecule has 0 saturated carbocycles. The smallest absolute Gasteiger partial charge is 0.0270 e. The van der Waals surface area contributed by atoms with E-state index in [1.54, 1.807) is 0 Å². The van der Waals surface area contributed by atoms with Crippen LogP contribution in [0.15, 0.2) is 48.8 Å². The van der Waals surface area contributed by atoms with Crippen molar-refractivity contribution >= 4 is 0 Å². The van der Waals surface area contributed by atoms with E-state index >= 15 is 0 Å². The summed E-state index contributed by atoms with van der Waals surface area (Å²) in [7, 11) is 0. The van der Waals surface area contributed by atoms with Crippen LogP contribution in [0, 0.1) is 0 Å². The Kier molecular flexibility index (Phi) is 3.97. The van der Waals surface area contributed by atoms with Crippen LogP contribution in [-0.4, -0.2) is 4.98 Å². The summed E-state index contributed by atoms with van der Waals surface area (Å²) in [6.07, 6.45) is 12.2. The maximum Gasteiger partial charge on any atom is 0.0270 e. The van der Waals surface area contributed by atoms with Gasteiger partial charge in [-0.25, -0.2) is 0 Å². The molecule has 1 rings (SSSR count). The quantitative estimate of drug-likeness (QED) is 0.639. The largest absolute Gasteiger partial charge is 0.265 e. The topological polar surface area (TPSA) is 12.9 Å². The predicted molar refractivity (Wildman–Crippen MR) is 56.6 cm³/mol. The zero-order chi connectivity index (χ0) is 9.52. The molecule has 0 N–H and O–H groups in total. The van der Waals surface area contributed by atoms with Crippen LogP contribution in [0.25, 0.3) is 0 Å². The number of hydrogen-bond acceptors (Lipinski definition) is 1. The van der Waals surface area contributed by atoms with Crippen LogP contribution >= 0.6 is 0 Å². The van der Waals surface area contributed by atoms with Gasteiger partial charge in [-0.2, -0.15) is 0 Å². The second-order valence-electron chi connectivity index (χ2n) is 2.86. The van der Waals surface area contributed by atoms with Crippen LogP contribution in [0.1, 0.15) is 25.3 Å². The van der Waals surface area contributed by atoms with E-state index in [-0.39, 0.29) is 0 Å². The molecule has 0 aliphatic carbocycles. The summed E-state index contributed by atoms with van der Waals surface area (Å²) in [4.78, 5) is 4.00. The highest BCUT2D eigenvalue weighted by molar-refractivity contribution is 5.26. The van der Waals surface area contributed by atoms with Crippen molar-refractivity contribution in [2.45, 2.75) is 19.8 Å². The van der Waals surface area contributed by atoms with Gasteiger partial charge in [0.05, 0.1) is 0 Å². The van der Waals surface area contributed by atoms with Gasteiger partial charge in [-0.3, -0.25) is 4.98 Å². The Labute approximate surface area is 79.8 Å². The standard InChI is InChI=1S/C12H15N/c1-3-5-11(6-4-2)12-7-9-13-10-8-12/h3-11H,1-2H3. The molecule has 0 spiro atoms. The molecule has 0 bridgehead atoms. The van der Waals surface area contributed by atoms with Crippen molar-refractivity contribution < 1.29 is 0 Å². The van der Waals surface area contributed by atoms with E-state index in [2.05, 4.69) is 29.3 Å². The molecule has 0 aliphatic heterocycles. The van der Waals surface area contributed by atoms with Gasteiger partial charge in [-0.05, 0) is 31.5 Å². The fraction of sp³-hybridized carbons (Fsp3) is 0.250. The molecule has 0 aliphatic rings. The van der Waals surface area contributed by atoms with Gasteiger partial charge in [0.25, 0.3) is 0 Å². The van der Waals surface area contributed by atoms with Crippen LogP contribution < -0.4 is 0 Å². The summed E-state index contributed by atoms with van der Waals surface area (Å²) in [5, 5.41) is 0. The van der Waals surface area contributed by atoms with Crippen molar-refractivity contribution in [1.29, 1.82) is 0 Å². The number of nitrogens with zero attached hydrogens (tertiary/aromatic N) is 1. The monoisotopic (exact) mass is 173 g/mol. The summed E-state index contributed by atoms with van der Waals surface area (Å²) < 4.78 is 0. The predicted octanol–water partition coefficient (Wildman–Crippen LogP) is 3.32. The first-order valence-electron chi connectivity index (χ1n) is 4.54. The van der Waals surface area contributed by atoms with E-state index in [1.807, 2.05) is 38.4 Å². The van der Waals surface area contributed by atoms with Crippen molar-refractivity contribution in [2.24, 2.45) is 0 Å². The third kappa shape index (κ3) is 2.86. The molecule has 0 fully saturated rings. The fourth-order valence-corrected chi connectivity index (χ4v) is 1.29. The first-order valence-corrected chi connectivity index (χ1v) is 4.54. The molecule has 68 valence electrons. The van der Waals surface area contributed by atoms with Crippen molar-refractivity contribution in [1.82, 2.24) is 4.98 Å². The van der Waals surface area contributed by atoms with E-state index in [1.165, 1.54) is 5.56 Å². The molecular formula is C12H15N. The molecule has 1 aromatic rings. The van der Waals surface area contributed by atoms with Crippen molar-refractivity contribution in [2.75, 3.05) is 0 Å². The van der Waals surface area contributed by atoms with Gasteiger partial charge in [0.15, 0.2) is 0 Å². The Morgan fingerprint density at radius 3 is 2.08 bits per heavy atom. The van der Waals surface area contributed by atoms with Crippen LogP contribution in [0.2, 0.25) is 0 Å². The highest BCUT2D eigenvalue weighted by Gasteiger charge is 2.01. The lowest BCUT2D eigenvalue weighted by atomic mass is 9.99. The summed E-state index contributed by atoms with van der Waals surface area (Å²) in [6, 6.07) is 4.09. The summed E-state index contributed by atoms with van der Waals surface area (Å²) in [5.41, 5.74) is 1.28. The highest BCUT2D eigenvalue weighted by Crippen LogP contribution is 2.17.